The fourth-order valence-electron chi connectivity index (χ4n) is 2.57. The van der Waals surface area contributed by atoms with Crippen LogP contribution in [-0.2, 0) is 4.79 Å². The highest BCUT2D eigenvalue weighted by molar-refractivity contribution is 5.84. The second kappa shape index (κ2) is 7.29. The molecule has 0 bridgehead atoms. The van der Waals surface area contributed by atoms with Gasteiger partial charge in [0.2, 0.25) is 5.91 Å². The Morgan fingerprint density at radius 1 is 1.35 bits per heavy atom. The van der Waals surface area contributed by atoms with Crippen molar-refractivity contribution in [3.8, 4) is 0 Å². The second-order valence-corrected chi connectivity index (χ2v) is 5.58. The highest BCUT2D eigenvalue weighted by Crippen LogP contribution is 2.25. The van der Waals surface area contributed by atoms with Crippen molar-refractivity contribution in [3.05, 3.63) is 0 Å². The summed E-state index contributed by atoms with van der Waals surface area (Å²) in [4.78, 5) is 13.9. The van der Waals surface area contributed by atoms with Gasteiger partial charge in [-0.2, -0.15) is 13.2 Å². The Morgan fingerprint density at radius 2 is 2.00 bits per heavy atom. The number of amides is 1. The molecular formula is C14H25F3N2O. The summed E-state index contributed by atoms with van der Waals surface area (Å²) in [6, 6.07) is -0.248. The average Bonchev–Trinajstić information content (AvgIpc) is 2.66. The predicted molar refractivity (Wildman–Crippen MR) is 72.1 cm³/mol. The van der Waals surface area contributed by atoms with Crippen LogP contribution in [-0.4, -0.2) is 35.7 Å². The van der Waals surface area contributed by atoms with Gasteiger partial charge in [0.1, 0.15) is 0 Å². The van der Waals surface area contributed by atoms with Crippen molar-refractivity contribution in [2.75, 3.05) is 6.54 Å². The first kappa shape index (κ1) is 17.3. The van der Waals surface area contributed by atoms with Gasteiger partial charge in [-0.25, -0.2) is 0 Å². The summed E-state index contributed by atoms with van der Waals surface area (Å²) in [5, 5.41) is 3.29. The van der Waals surface area contributed by atoms with Crippen LogP contribution in [0.5, 0.6) is 0 Å². The van der Waals surface area contributed by atoms with Gasteiger partial charge in [-0.1, -0.05) is 33.6 Å². The number of nitrogens with zero attached hydrogens (tertiary/aromatic N) is 1. The molecule has 0 aromatic rings. The van der Waals surface area contributed by atoms with Crippen LogP contribution in [0.25, 0.3) is 0 Å². The lowest BCUT2D eigenvalue weighted by molar-refractivity contribution is -0.140. The van der Waals surface area contributed by atoms with E-state index in [1.165, 1.54) is 0 Å². The molecular weight excluding hydrogens is 269 g/mol. The predicted octanol–water partition coefficient (Wildman–Crippen LogP) is 3.30. The van der Waals surface area contributed by atoms with Crippen molar-refractivity contribution in [3.63, 3.8) is 0 Å². The maximum absolute atomic E-state index is 12.3. The van der Waals surface area contributed by atoms with Crippen LogP contribution in [0.4, 0.5) is 13.2 Å². The fourth-order valence-corrected chi connectivity index (χ4v) is 2.57. The largest absolute Gasteiger partial charge is 0.389 e. The maximum Gasteiger partial charge on any atom is 0.389 e. The van der Waals surface area contributed by atoms with E-state index in [0.717, 1.165) is 19.3 Å². The number of hydrogen-bond acceptors (Lipinski definition) is 2. The van der Waals surface area contributed by atoms with E-state index in [-0.39, 0.29) is 37.0 Å². The van der Waals surface area contributed by atoms with E-state index in [4.69, 9.17) is 0 Å². The molecule has 3 unspecified atom stereocenters. The molecule has 6 heteroatoms. The molecule has 1 rings (SSSR count). The third-order valence-electron chi connectivity index (χ3n) is 3.93. The zero-order chi connectivity index (χ0) is 15.3. The van der Waals surface area contributed by atoms with Crippen molar-refractivity contribution >= 4 is 5.91 Å². The molecule has 0 aliphatic carbocycles. The second-order valence-electron chi connectivity index (χ2n) is 5.58. The number of hydrogen-bond donors (Lipinski definition) is 1. The van der Waals surface area contributed by atoms with E-state index in [0.29, 0.717) is 0 Å². The average molecular weight is 294 g/mol. The van der Waals surface area contributed by atoms with Crippen LogP contribution in [0.2, 0.25) is 0 Å². The SMILES string of the molecule is CCCC1NC(C(C)CC)C(=O)N1CCCC(F)(F)F. The number of alkyl halides is 3. The Balaban J connectivity index is 2.62. The minimum absolute atomic E-state index is 0.0235. The molecule has 1 fully saturated rings. The van der Waals surface area contributed by atoms with Crippen LogP contribution in [0.15, 0.2) is 0 Å². The summed E-state index contributed by atoms with van der Waals surface area (Å²) in [6.45, 7) is 6.21. The number of rotatable bonds is 7. The highest BCUT2D eigenvalue weighted by Gasteiger charge is 2.40. The van der Waals surface area contributed by atoms with Gasteiger partial charge in [0.25, 0.3) is 0 Å². The van der Waals surface area contributed by atoms with E-state index in [1.807, 2.05) is 20.8 Å². The first-order valence-electron chi connectivity index (χ1n) is 7.43. The Labute approximate surface area is 118 Å². The first-order chi connectivity index (χ1) is 9.30. The van der Waals surface area contributed by atoms with Crippen LogP contribution in [0, 0.1) is 5.92 Å². The molecule has 118 valence electrons. The molecule has 1 saturated heterocycles. The quantitative estimate of drug-likeness (QED) is 0.781. The molecule has 3 atom stereocenters. The van der Waals surface area contributed by atoms with Crippen molar-refractivity contribution in [2.24, 2.45) is 5.92 Å². The smallest absolute Gasteiger partial charge is 0.326 e. The zero-order valence-electron chi connectivity index (χ0n) is 12.5. The van der Waals surface area contributed by atoms with Gasteiger partial charge < -0.3 is 4.90 Å². The van der Waals surface area contributed by atoms with Gasteiger partial charge in [-0.05, 0) is 18.8 Å². The lowest BCUT2D eigenvalue weighted by atomic mass is 9.99. The molecule has 20 heavy (non-hydrogen) atoms. The standard InChI is InChI=1S/C14H25F3N2O/c1-4-7-11-18-12(10(3)5-2)13(20)19(11)9-6-8-14(15,16)17/h10-12,18H,4-9H2,1-3H3. The van der Waals surface area contributed by atoms with Crippen molar-refractivity contribution in [2.45, 2.75) is 71.3 Å². The molecule has 1 N–H and O–H groups in total. The molecule has 1 aliphatic rings. The Kier molecular flexibility index (Phi) is 6.30. The van der Waals surface area contributed by atoms with Crippen LogP contribution in [0.3, 0.4) is 0 Å². The third-order valence-corrected chi connectivity index (χ3v) is 3.93. The summed E-state index contributed by atoms with van der Waals surface area (Å²) < 4.78 is 36.6. The summed E-state index contributed by atoms with van der Waals surface area (Å²) >= 11 is 0. The lowest BCUT2D eigenvalue weighted by Gasteiger charge is -2.24. The van der Waals surface area contributed by atoms with Gasteiger partial charge >= 0.3 is 6.18 Å². The summed E-state index contributed by atoms with van der Waals surface area (Å²) in [6.07, 6.45) is -2.56. The third kappa shape index (κ3) is 4.65. The minimum atomic E-state index is -4.15. The molecule has 0 spiro atoms. The Bertz CT molecular complexity index is 320. The maximum atomic E-state index is 12.3. The Morgan fingerprint density at radius 3 is 2.50 bits per heavy atom. The van der Waals surface area contributed by atoms with Crippen molar-refractivity contribution in [1.82, 2.24) is 10.2 Å². The summed E-state index contributed by atoms with van der Waals surface area (Å²) in [7, 11) is 0. The van der Waals surface area contributed by atoms with Crippen molar-refractivity contribution < 1.29 is 18.0 Å². The van der Waals surface area contributed by atoms with Crippen LogP contribution in [0.1, 0.15) is 52.9 Å². The van der Waals surface area contributed by atoms with Gasteiger partial charge in [0.05, 0.1) is 12.2 Å². The van der Waals surface area contributed by atoms with E-state index >= 15 is 0 Å². The molecule has 0 aromatic heterocycles. The lowest BCUT2D eigenvalue weighted by Crippen LogP contribution is -2.38. The molecule has 3 nitrogen and oxygen atoms in total. The summed E-state index contributed by atoms with van der Waals surface area (Å²) in [5.74, 6) is 0.162. The molecule has 1 aliphatic heterocycles. The molecule has 1 amide bonds. The molecule has 0 saturated carbocycles. The normalized spacial score (nSPS) is 25.3. The van der Waals surface area contributed by atoms with Crippen LogP contribution >= 0.6 is 0 Å². The monoisotopic (exact) mass is 294 g/mol. The molecule has 1 heterocycles. The molecule has 0 radical (unpaired) electrons. The van der Waals surface area contributed by atoms with Gasteiger partial charge in [-0.3, -0.25) is 10.1 Å². The van der Waals surface area contributed by atoms with Gasteiger partial charge in [0.15, 0.2) is 0 Å². The van der Waals surface area contributed by atoms with Crippen molar-refractivity contribution in [1.29, 1.82) is 0 Å². The number of carbonyl (C=O) groups is 1. The topological polar surface area (TPSA) is 32.3 Å². The summed E-state index contributed by atoms with van der Waals surface area (Å²) in [5.41, 5.74) is 0. The Hall–Kier alpha value is -0.780. The van der Waals surface area contributed by atoms with Gasteiger partial charge in [0, 0.05) is 13.0 Å². The molecule has 0 aromatic carbocycles. The first-order valence-corrected chi connectivity index (χ1v) is 7.43. The zero-order valence-corrected chi connectivity index (χ0v) is 12.5. The highest BCUT2D eigenvalue weighted by atomic mass is 19.4. The van der Waals surface area contributed by atoms with E-state index in [1.54, 1.807) is 4.90 Å². The fraction of sp³-hybridized carbons (Fsp3) is 0.929. The van der Waals surface area contributed by atoms with E-state index in [2.05, 4.69) is 5.32 Å². The van der Waals surface area contributed by atoms with Crippen LogP contribution < -0.4 is 5.32 Å². The van der Waals surface area contributed by atoms with E-state index < -0.39 is 12.6 Å². The van der Waals surface area contributed by atoms with Gasteiger partial charge in [-0.15, -0.1) is 0 Å². The number of halogens is 3. The number of nitrogens with one attached hydrogen (secondary N) is 1. The van der Waals surface area contributed by atoms with E-state index in [9.17, 15) is 18.0 Å². The minimum Gasteiger partial charge on any atom is -0.326 e. The number of carbonyl (C=O) groups excluding carboxylic acids is 1.